The number of para-hydroxylation sites is 2. The standard InChI is InChI=1S/C18H13Cl2NO4/c19-13-5-3-6-14(20)17(13)24-8-9-25-18(23)12-10-16(22)21-15-7-2-1-4-11(12)15/h1-7,10H,8-9H2,(H,21,22). The Labute approximate surface area is 153 Å². The number of H-pyrrole nitrogens is 1. The lowest BCUT2D eigenvalue weighted by Crippen LogP contribution is -2.16. The minimum Gasteiger partial charge on any atom is -0.487 e. The summed E-state index contributed by atoms with van der Waals surface area (Å²) in [6, 6.07) is 13.2. The Hall–Kier alpha value is -2.50. The van der Waals surface area contributed by atoms with Gasteiger partial charge in [-0.05, 0) is 18.2 Å². The van der Waals surface area contributed by atoms with Gasteiger partial charge in [-0.1, -0.05) is 47.5 Å². The van der Waals surface area contributed by atoms with Crippen molar-refractivity contribution < 1.29 is 14.3 Å². The number of carbonyl (C=O) groups is 1. The van der Waals surface area contributed by atoms with E-state index in [1.54, 1.807) is 42.5 Å². The first-order valence-corrected chi connectivity index (χ1v) is 8.18. The van der Waals surface area contributed by atoms with E-state index in [0.29, 0.717) is 26.7 Å². The van der Waals surface area contributed by atoms with Crippen molar-refractivity contribution in [1.29, 1.82) is 0 Å². The molecular formula is C18H13Cl2NO4. The Balaban J connectivity index is 1.67. The number of nitrogens with one attached hydrogen (secondary N) is 1. The molecular weight excluding hydrogens is 365 g/mol. The van der Waals surface area contributed by atoms with Gasteiger partial charge in [0, 0.05) is 17.0 Å². The van der Waals surface area contributed by atoms with Crippen LogP contribution in [0.1, 0.15) is 10.4 Å². The molecule has 128 valence electrons. The maximum absolute atomic E-state index is 12.3. The summed E-state index contributed by atoms with van der Waals surface area (Å²) in [5.41, 5.74) is 0.404. The Kier molecular flexibility index (Phi) is 5.26. The number of pyridine rings is 1. The van der Waals surface area contributed by atoms with Crippen LogP contribution in [0.4, 0.5) is 0 Å². The highest BCUT2D eigenvalue weighted by Gasteiger charge is 2.13. The van der Waals surface area contributed by atoms with Gasteiger partial charge in [0.25, 0.3) is 0 Å². The molecule has 3 aromatic rings. The highest BCUT2D eigenvalue weighted by atomic mass is 35.5. The minimum atomic E-state index is -0.601. The van der Waals surface area contributed by atoms with Crippen LogP contribution in [0.25, 0.3) is 10.9 Å². The summed E-state index contributed by atoms with van der Waals surface area (Å²) < 4.78 is 10.6. The fraction of sp³-hybridized carbons (Fsp3) is 0.111. The first-order valence-electron chi connectivity index (χ1n) is 7.42. The van der Waals surface area contributed by atoms with Crippen LogP contribution in [-0.4, -0.2) is 24.2 Å². The van der Waals surface area contributed by atoms with Crippen LogP contribution >= 0.6 is 23.2 Å². The van der Waals surface area contributed by atoms with Gasteiger partial charge in [-0.15, -0.1) is 0 Å². The van der Waals surface area contributed by atoms with Gasteiger partial charge in [-0.3, -0.25) is 4.79 Å². The third kappa shape index (κ3) is 3.95. The third-order valence-corrected chi connectivity index (χ3v) is 4.05. The van der Waals surface area contributed by atoms with E-state index in [4.69, 9.17) is 32.7 Å². The molecule has 25 heavy (non-hydrogen) atoms. The second kappa shape index (κ2) is 7.59. The van der Waals surface area contributed by atoms with Gasteiger partial charge in [0.1, 0.15) is 13.2 Å². The van der Waals surface area contributed by atoms with Gasteiger partial charge >= 0.3 is 5.97 Å². The maximum atomic E-state index is 12.3. The van der Waals surface area contributed by atoms with Crippen LogP contribution < -0.4 is 10.3 Å². The van der Waals surface area contributed by atoms with Gasteiger partial charge < -0.3 is 14.5 Å². The molecule has 0 spiro atoms. The van der Waals surface area contributed by atoms with Crippen molar-refractivity contribution in [1.82, 2.24) is 4.98 Å². The van der Waals surface area contributed by atoms with Gasteiger partial charge in [0.2, 0.25) is 5.56 Å². The Morgan fingerprint density at radius 1 is 1.00 bits per heavy atom. The minimum absolute atomic E-state index is 0.0124. The molecule has 0 radical (unpaired) electrons. The smallest absolute Gasteiger partial charge is 0.339 e. The molecule has 0 aliphatic carbocycles. The lowest BCUT2D eigenvalue weighted by molar-refractivity contribution is 0.0452. The van der Waals surface area contributed by atoms with Crippen LogP contribution in [0.3, 0.4) is 0 Å². The highest BCUT2D eigenvalue weighted by Crippen LogP contribution is 2.32. The first kappa shape index (κ1) is 17.3. The average molecular weight is 378 g/mol. The molecule has 0 saturated carbocycles. The molecule has 0 atom stereocenters. The summed E-state index contributed by atoms with van der Waals surface area (Å²) in [6.45, 7) is 0.0673. The number of benzene rings is 2. The molecule has 0 fully saturated rings. The molecule has 1 aromatic heterocycles. The quantitative estimate of drug-likeness (QED) is 0.537. The lowest BCUT2D eigenvalue weighted by atomic mass is 10.1. The molecule has 0 aliphatic rings. The van der Waals surface area contributed by atoms with E-state index in [9.17, 15) is 9.59 Å². The van der Waals surface area contributed by atoms with Crippen LogP contribution in [0.2, 0.25) is 10.0 Å². The fourth-order valence-electron chi connectivity index (χ4n) is 2.35. The predicted octanol–water partition coefficient (Wildman–Crippen LogP) is 4.07. The highest BCUT2D eigenvalue weighted by molar-refractivity contribution is 6.37. The third-order valence-electron chi connectivity index (χ3n) is 3.45. The monoisotopic (exact) mass is 377 g/mol. The largest absolute Gasteiger partial charge is 0.487 e. The molecule has 0 saturated heterocycles. The zero-order chi connectivity index (χ0) is 17.8. The van der Waals surface area contributed by atoms with Crippen molar-refractivity contribution in [2.45, 2.75) is 0 Å². The topological polar surface area (TPSA) is 68.4 Å². The second-order valence-electron chi connectivity index (χ2n) is 5.13. The van der Waals surface area contributed by atoms with Crippen molar-refractivity contribution in [3.63, 3.8) is 0 Å². The van der Waals surface area contributed by atoms with E-state index in [2.05, 4.69) is 4.98 Å². The van der Waals surface area contributed by atoms with E-state index in [1.165, 1.54) is 6.07 Å². The number of esters is 1. The van der Waals surface area contributed by atoms with Crippen molar-refractivity contribution in [3.05, 3.63) is 74.5 Å². The molecule has 2 aromatic carbocycles. The molecule has 1 heterocycles. The normalized spacial score (nSPS) is 10.6. The van der Waals surface area contributed by atoms with Gasteiger partial charge in [0.15, 0.2) is 5.75 Å². The molecule has 1 N–H and O–H groups in total. The van der Waals surface area contributed by atoms with E-state index >= 15 is 0 Å². The number of hydrogen-bond acceptors (Lipinski definition) is 4. The zero-order valence-electron chi connectivity index (χ0n) is 12.9. The average Bonchev–Trinajstić information content (AvgIpc) is 2.59. The number of aromatic nitrogens is 1. The Morgan fingerprint density at radius 2 is 1.72 bits per heavy atom. The van der Waals surface area contributed by atoms with Gasteiger partial charge in [-0.25, -0.2) is 4.79 Å². The molecule has 0 bridgehead atoms. The van der Waals surface area contributed by atoms with Crippen molar-refractivity contribution >= 4 is 40.1 Å². The van der Waals surface area contributed by atoms with Crippen LogP contribution in [0.15, 0.2) is 53.3 Å². The molecule has 3 rings (SSSR count). The SMILES string of the molecule is O=C(OCCOc1c(Cl)cccc1Cl)c1cc(=O)[nH]c2ccccc12. The van der Waals surface area contributed by atoms with E-state index in [-0.39, 0.29) is 24.3 Å². The van der Waals surface area contributed by atoms with Crippen LogP contribution in [0.5, 0.6) is 5.75 Å². The number of carbonyl (C=O) groups excluding carboxylic acids is 1. The molecule has 5 nitrogen and oxygen atoms in total. The molecule has 0 unspecified atom stereocenters. The maximum Gasteiger partial charge on any atom is 0.339 e. The van der Waals surface area contributed by atoms with E-state index in [0.717, 1.165) is 0 Å². The summed E-state index contributed by atoms with van der Waals surface area (Å²) in [4.78, 5) is 26.6. The summed E-state index contributed by atoms with van der Waals surface area (Å²) in [6.07, 6.45) is 0. The number of rotatable bonds is 5. The second-order valence-corrected chi connectivity index (χ2v) is 5.94. The molecule has 7 heteroatoms. The van der Waals surface area contributed by atoms with Crippen molar-refractivity contribution in [2.24, 2.45) is 0 Å². The van der Waals surface area contributed by atoms with Crippen molar-refractivity contribution in [3.8, 4) is 5.75 Å². The van der Waals surface area contributed by atoms with Gasteiger partial charge in [0.05, 0.1) is 15.6 Å². The van der Waals surface area contributed by atoms with Gasteiger partial charge in [-0.2, -0.15) is 0 Å². The number of fused-ring (bicyclic) bond motifs is 1. The zero-order valence-corrected chi connectivity index (χ0v) is 14.4. The summed E-state index contributed by atoms with van der Waals surface area (Å²) in [5, 5.41) is 1.36. The fourth-order valence-corrected chi connectivity index (χ4v) is 2.86. The number of halogens is 2. The number of aromatic amines is 1. The lowest BCUT2D eigenvalue weighted by Gasteiger charge is -2.10. The Morgan fingerprint density at radius 3 is 2.48 bits per heavy atom. The summed E-state index contributed by atoms with van der Waals surface area (Å²) >= 11 is 12.0. The van der Waals surface area contributed by atoms with E-state index < -0.39 is 5.97 Å². The van der Waals surface area contributed by atoms with Crippen molar-refractivity contribution in [2.75, 3.05) is 13.2 Å². The van der Waals surface area contributed by atoms with E-state index in [1.807, 2.05) is 0 Å². The number of ether oxygens (including phenoxy) is 2. The first-order chi connectivity index (χ1) is 12.1. The Bertz CT molecular complexity index is 964. The van der Waals surface area contributed by atoms with Crippen LogP contribution in [0, 0.1) is 0 Å². The number of hydrogen-bond donors (Lipinski definition) is 1. The summed E-state index contributed by atoms with van der Waals surface area (Å²) in [5.74, 6) is -0.264. The predicted molar refractivity (Wildman–Crippen MR) is 96.8 cm³/mol. The van der Waals surface area contributed by atoms with Crippen LogP contribution in [-0.2, 0) is 4.74 Å². The molecule has 0 amide bonds. The molecule has 0 aliphatic heterocycles. The summed E-state index contributed by atoms with van der Waals surface area (Å²) in [7, 11) is 0.